The minimum absolute atomic E-state index is 0.269. The number of rotatable bonds is 3. The SMILES string of the molecule is CC(=O)O/C=C/Cc1cccc2c1CCC2. The summed E-state index contributed by atoms with van der Waals surface area (Å²) in [5.74, 6) is -0.269. The zero-order valence-electron chi connectivity index (χ0n) is 9.53. The van der Waals surface area contributed by atoms with Gasteiger partial charge >= 0.3 is 5.97 Å². The highest BCUT2D eigenvalue weighted by Gasteiger charge is 2.12. The lowest BCUT2D eigenvalue weighted by Crippen LogP contribution is -1.93. The van der Waals surface area contributed by atoms with Crippen molar-refractivity contribution in [1.29, 1.82) is 0 Å². The molecule has 0 N–H and O–H groups in total. The van der Waals surface area contributed by atoms with Gasteiger partial charge in [-0.25, -0.2) is 0 Å². The van der Waals surface area contributed by atoms with Crippen molar-refractivity contribution in [3.8, 4) is 0 Å². The molecule has 1 aliphatic carbocycles. The average Bonchev–Trinajstić information content (AvgIpc) is 2.72. The number of carbonyl (C=O) groups is 1. The van der Waals surface area contributed by atoms with Crippen LogP contribution >= 0.6 is 0 Å². The van der Waals surface area contributed by atoms with E-state index in [9.17, 15) is 4.79 Å². The Balaban J connectivity index is 2.02. The zero-order chi connectivity index (χ0) is 11.4. The molecule has 1 aliphatic rings. The fourth-order valence-corrected chi connectivity index (χ4v) is 2.21. The van der Waals surface area contributed by atoms with Crippen LogP contribution in [0.5, 0.6) is 0 Å². The van der Waals surface area contributed by atoms with Crippen molar-refractivity contribution in [3.63, 3.8) is 0 Å². The third-order valence-corrected chi connectivity index (χ3v) is 2.91. The summed E-state index contributed by atoms with van der Waals surface area (Å²) in [4.78, 5) is 10.6. The molecule has 0 saturated carbocycles. The van der Waals surface area contributed by atoms with Gasteiger partial charge in [0, 0.05) is 6.92 Å². The van der Waals surface area contributed by atoms with Gasteiger partial charge in [-0.2, -0.15) is 0 Å². The fraction of sp³-hybridized carbons (Fsp3) is 0.357. The second-order valence-electron chi connectivity index (χ2n) is 4.09. The third kappa shape index (κ3) is 2.51. The maximum atomic E-state index is 10.6. The lowest BCUT2D eigenvalue weighted by molar-refractivity contribution is -0.135. The Morgan fingerprint density at radius 3 is 3.12 bits per heavy atom. The van der Waals surface area contributed by atoms with E-state index >= 15 is 0 Å². The van der Waals surface area contributed by atoms with Gasteiger partial charge < -0.3 is 4.74 Å². The number of esters is 1. The lowest BCUT2D eigenvalue weighted by atomic mass is 10.0. The van der Waals surface area contributed by atoms with Crippen LogP contribution in [-0.4, -0.2) is 5.97 Å². The van der Waals surface area contributed by atoms with E-state index in [0.717, 1.165) is 6.42 Å². The predicted octanol–water partition coefficient (Wildman–Crippen LogP) is 2.79. The molecule has 0 aromatic heterocycles. The van der Waals surface area contributed by atoms with Crippen LogP contribution < -0.4 is 0 Å². The molecule has 0 fully saturated rings. The Hall–Kier alpha value is -1.57. The van der Waals surface area contributed by atoms with Crippen LogP contribution in [0.2, 0.25) is 0 Å². The first-order valence-electron chi connectivity index (χ1n) is 5.69. The summed E-state index contributed by atoms with van der Waals surface area (Å²) >= 11 is 0. The molecule has 2 heteroatoms. The molecule has 0 amide bonds. The van der Waals surface area contributed by atoms with E-state index in [1.165, 1.54) is 49.1 Å². The summed E-state index contributed by atoms with van der Waals surface area (Å²) in [5, 5.41) is 0. The Morgan fingerprint density at radius 1 is 1.44 bits per heavy atom. The first-order valence-corrected chi connectivity index (χ1v) is 5.69. The summed E-state index contributed by atoms with van der Waals surface area (Å²) in [5.41, 5.74) is 4.34. The number of fused-ring (bicyclic) bond motifs is 1. The Kier molecular flexibility index (Phi) is 3.40. The minimum Gasteiger partial charge on any atom is -0.435 e. The topological polar surface area (TPSA) is 26.3 Å². The number of aryl methyl sites for hydroxylation is 1. The van der Waals surface area contributed by atoms with Crippen molar-refractivity contribution < 1.29 is 9.53 Å². The number of ether oxygens (including phenoxy) is 1. The number of carbonyl (C=O) groups excluding carboxylic acids is 1. The van der Waals surface area contributed by atoms with E-state index in [1.54, 1.807) is 0 Å². The molecule has 1 aromatic carbocycles. The second-order valence-corrected chi connectivity index (χ2v) is 4.09. The van der Waals surface area contributed by atoms with Crippen LogP contribution in [0.15, 0.2) is 30.5 Å². The Labute approximate surface area is 95.9 Å². The predicted molar refractivity (Wildman–Crippen MR) is 63.1 cm³/mol. The quantitative estimate of drug-likeness (QED) is 0.573. The summed E-state index contributed by atoms with van der Waals surface area (Å²) < 4.78 is 4.76. The monoisotopic (exact) mass is 216 g/mol. The molecule has 84 valence electrons. The molecule has 0 aliphatic heterocycles. The number of hydrogen-bond acceptors (Lipinski definition) is 2. The van der Waals surface area contributed by atoms with Gasteiger partial charge in [0.2, 0.25) is 0 Å². The molecule has 2 rings (SSSR count). The van der Waals surface area contributed by atoms with Crippen molar-refractivity contribution in [2.45, 2.75) is 32.6 Å². The molecule has 1 aromatic rings. The molecule has 2 nitrogen and oxygen atoms in total. The summed E-state index contributed by atoms with van der Waals surface area (Å²) in [6.07, 6.45) is 7.88. The minimum atomic E-state index is -0.269. The van der Waals surface area contributed by atoms with E-state index in [-0.39, 0.29) is 5.97 Å². The lowest BCUT2D eigenvalue weighted by Gasteiger charge is -2.05. The van der Waals surface area contributed by atoms with Crippen molar-refractivity contribution in [2.75, 3.05) is 0 Å². The first-order chi connectivity index (χ1) is 7.77. The van der Waals surface area contributed by atoms with Crippen molar-refractivity contribution in [2.24, 2.45) is 0 Å². The molecular weight excluding hydrogens is 200 g/mol. The van der Waals surface area contributed by atoms with E-state index in [1.807, 2.05) is 6.08 Å². The Morgan fingerprint density at radius 2 is 2.31 bits per heavy atom. The van der Waals surface area contributed by atoms with Crippen LogP contribution in [0.3, 0.4) is 0 Å². The van der Waals surface area contributed by atoms with Crippen molar-refractivity contribution in [3.05, 3.63) is 47.2 Å². The van der Waals surface area contributed by atoms with Crippen molar-refractivity contribution in [1.82, 2.24) is 0 Å². The molecule has 16 heavy (non-hydrogen) atoms. The fourth-order valence-electron chi connectivity index (χ4n) is 2.21. The molecule has 0 bridgehead atoms. The van der Waals surface area contributed by atoms with Gasteiger partial charge in [0.05, 0.1) is 6.26 Å². The number of benzene rings is 1. The van der Waals surface area contributed by atoms with Gasteiger partial charge in [0.25, 0.3) is 0 Å². The zero-order valence-corrected chi connectivity index (χ0v) is 9.53. The standard InChI is InChI=1S/C14H16O2/c1-11(15)16-10-4-8-13-6-2-5-12-7-3-9-14(12)13/h2,4-6,10H,3,7-9H2,1H3/b10-4+. The van der Waals surface area contributed by atoms with Crippen LogP contribution in [0, 0.1) is 0 Å². The highest BCUT2D eigenvalue weighted by molar-refractivity contribution is 5.66. The highest BCUT2D eigenvalue weighted by Crippen LogP contribution is 2.25. The number of hydrogen-bond donors (Lipinski definition) is 0. The van der Waals surface area contributed by atoms with Gasteiger partial charge in [-0.1, -0.05) is 18.2 Å². The van der Waals surface area contributed by atoms with Crippen LogP contribution in [0.4, 0.5) is 0 Å². The normalized spacial score (nSPS) is 14.1. The molecular formula is C14H16O2. The summed E-state index contributed by atoms with van der Waals surface area (Å²) in [6.45, 7) is 1.41. The van der Waals surface area contributed by atoms with Crippen molar-refractivity contribution >= 4 is 5.97 Å². The largest absolute Gasteiger partial charge is 0.435 e. The van der Waals surface area contributed by atoms with Crippen LogP contribution in [0.1, 0.15) is 30.0 Å². The van der Waals surface area contributed by atoms with E-state index < -0.39 is 0 Å². The molecule has 0 atom stereocenters. The summed E-state index contributed by atoms with van der Waals surface area (Å²) in [6, 6.07) is 6.48. The van der Waals surface area contributed by atoms with Crippen LogP contribution in [0.25, 0.3) is 0 Å². The van der Waals surface area contributed by atoms with Gasteiger partial charge in [-0.05, 0) is 48.4 Å². The van der Waals surface area contributed by atoms with Gasteiger partial charge in [-0.15, -0.1) is 0 Å². The first kappa shape index (κ1) is 10.9. The molecule has 0 spiro atoms. The second kappa shape index (κ2) is 4.97. The maximum Gasteiger partial charge on any atom is 0.307 e. The molecule has 0 radical (unpaired) electrons. The Bertz CT molecular complexity index is 419. The maximum absolute atomic E-state index is 10.6. The average molecular weight is 216 g/mol. The molecule has 0 unspecified atom stereocenters. The van der Waals surface area contributed by atoms with E-state index in [4.69, 9.17) is 4.74 Å². The van der Waals surface area contributed by atoms with E-state index in [2.05, 4.69) is 18.2 Å². The van der Waals surface area contributed by atoms with Gasteiger partial charge in [0.1, 0.15) is 0 Å². The van der Waals surface area contributed by atoms with Gasteiger partial charge in [-0.3, -0.25) is 4.79 Å². The number of allylic oxidation sites excluding steroid dienone is 1. The molecule has 0 saturated heterocycles. The van der Waals surface area contributed by atoms with Crippen LogP contribution in [-0.2, 0) is 28.8 Å². The smallest absolute Gasteiger partial charge is 0.307 e. The third-order valence-electron chi connectivity index (χ3n) is 2.91. The summed E-state index contributed by atoms with van der Waals surface area (Å²) in [7, 11) is 0. The van der Waals surface area contributed by atoms with Gasteiger partial charge in [0.15, 0.2) is 0 Å². The molecule has 0 heterocycles. The highest BCUT2D eigenvalue weighted by atomic mass is 16.5. The van der Waals surface area contributed by atoms with E-state index in [0.29, 0.717) is 0 Å².